The van der Waals surface area contributed by atoms with Gasteiger partial charge in [0.2, 0.25) is 5.91 Å². The molecule has 0 bridgehead atoms. The number of ether oxygens (including phenoxy) is 2. The number of carbonyl (C=O) groups excluding carboxylic acids is 1. The van der Waals surface area contributed by atoms with Crippen LogP contribution in [0.15, 0.2) is 48.5 Å². The van der Waals surface area contributed by atoms with Crippen molar-refractivity contribution in [2.45, 2.75) is 31.8 Å². The molecular formula is C20H21NO3. The molecule has 2 aromatic rings. The highest BCUT2D eigenvalue weighted by atomic mass is 16.5. The number of nitrogens with one attached hydrogen (secondary N) is 1. The molecular weight excluding hydrogens is 302 g/mol. The highest BCUT2D eigenvalue weighted by molar-refractivity contribution is 5.79. The summed E-state index contributed by atoms with van der Waals surface area (Å²) < 4.78 is 11.8. The van der Waals surface area contributed by atoms with Gasteiger partial charge in [-0.15, -0.1) is 0 Å². The number of hydrogen-bond donors (Lipinski definition) is 1. The predicted molar refractivity (Wildman–Crippen MR) is 91.4 cm³/mol. The molecule has 0 spiro atoms. The molecule has 2 aromatic carbocycles. The van der Waals surface area contributed by atoms with Crippen LogP contribution in [0.25, 0.3) is 0 Å². The van der Waals surface area contributed by atoms with Gasteiger partial charge in [0.25, 0.3) is 0 Å². The van der Waals surface area contributed by atoms with Crippen molar-refractivity contribution in [2.24, 2.45) is 5.92 Å². The summed E-state index contributed by atoms with van der Waals surface area (Å²) in [7, 11) is 0. The molecule has 24 heavy (non-hydrogen) atoms. The van der Waals surface area contributed by atoms with Crippen LogP contribution in [0.5, 0.6) is 17.2 Å². The second-order valence-corrected chi connectivity index (χ2v) is 6.50. The van der Waals surface area contributed by atoms with Crippen LogP contribution >= 0.6 is 0 Å². The van der Waals surface area contributed by atoms with Crippen LogP contribution < -0.4 is 14.8 Å². The summed E-state index contributed by atoms with van der Waals surface area (Å²) in [5.74, 6) is 2.91. The zero-order valence-corrected chi connectivity index (χ0v) is 13.5. The zero-order chi connectivity index (χ0) is 16.4. The highest BCUT2D eigenvalue weighted by Crippen LogP contribution is 2.33. The van der Waals surface area contributed by atoms with Crippen LogP contribution in [0.3, 0.4) is 0 Å². The molecule has 1 heterocycles. The Hall–Kier alpha value is -2.49. The molecule has 1 amide bonds. The Kier molecular flexibility index (Phi) is 4.11. The van der Waals surface area contributed by atoms with Gasteiger partial charge >= 0.3 is 0 Å². The number of para-hydroxylation sites is 1. The van der Waals surface area contributed by atoms with Crippen LogP contribution in [-0.4, -0.2) is 18.6 Å². The Morgan fingerprint density at radius 2 is 1.96 bits per heavy atom. The van der Waals surface area contributed by atoms with E-state index >= 15 is 0 Å². The fourth-order valence-corrected chi connectivity index (χ4v) is 3.13. The molecule has 4 rings (SSSR count). The topological polar surface area (TPSA) is 47.6 Å². The minimum atomic E-state index is 0.0102. The Morgan fingerprint density at radius 3 is 2.71 bits per heavy atom. The van der Waals surface area contributed by atoms with Crippen molar-refractivity contribution in [1.29, 1.82) is 0 Å². The second-order valence-electron chi connectivity index (χ2n) is 6.50. The Balaban J connectivity index is 1.35. The summed E-state index contributed by atoms with van der Waals surface area (Å²) >= 11 is 0. The molecule has 1 saturated carbocycles. The van der Waals surface area contributed by atoms with Crippen LogP contribution in [-0.2, 0) is 11.2 Å². The molecule has 1 unspecified atom stereocenters. The van der Waals surface area contributed by atoms with Crippen molar-refractivity contribution in [2.75, 3.05) is 6.54 Å². The first kappa shape index (κ1) is 15.1. The third-order valence-electron chi connectivity index (χ3n) is 4.73. The zero-order valence-electron chi connectivity index (χ0n) is 13.5. The van der Waals surface area contributed by atoms with Crippen LogP contribution in [0, 0.1) is 5.92 Å². The molecule has 1 N–H and O–H groups in total. The van der Waals surface area contributed by atoms with Crippen molar-refractivity contribution in [3.8, 4) is 17.2 Å². The van der Waals surface area contributed by atoms with E-state index < -0.39 is 0 Å². The molecule has 0 aromatic heterocycles. The van der Waals surface area contributed by atoms with E-state index in [4.69, 9.17) is 9.47 Å². The van der Waals surface area contributed by atoms with Crippen LogP contribution in [0.2, 0.25) is 0 Å². The first-order valence-electron chi connectivity index (χ1n) is 8.58. The van der Waals surface area contributed by atoms with Gasteiger partial charge in [-0.25, -0.2) is 0 Å². The van der Waals surface area contributed by atoms with Crippen molar-refractivity contribution >= 4 is 5.91 Å². The van der Waals surface area contributed by atoms with Crippen molar-refractivity contribution < 1.29 is 14.3 Å². The molecule has 4 heteroatoms. The van der Waals surface area contributed by atoms with E-state index in [1.54, 1.807) is 0 Å². The number of benzene rings is 2. The number of carbonyl (C=O) groups is 1. The summed E-state index contributed by atoms with van der Waals surface area (Å²) in [4.78, 5) is 11.9. The maximum atomic E-state index is 11.9. The molecule has 2 aliphatic rings. The lowest BCUT2D eigenvalue weighted by atomic mass is 9.85. The van der Waals surface area contributed by atoms with E-state index in [0.717, 1.165) is 42.1 Å². The summed E-state index contributed by atoms with van der Waals surface area (Å²) in [5, 5.41) is 3.02. The van der Waals surface area contributed by atoms with E-state index in [1.807, 2.05) is 48.5 Å². The van der Waals surface area contributed by atoms with Gasteiger partial charge < -0.3 is 14.8 Å². The molecule has 1 aliphatic carbocycles. The van der Waals surface area contributed by atoms with E-state index in [2.05, 4.69) is 5.32 Å². The van der Waals surface area contributed by atoms with Gasteiger partial charge in [-0.1, -0.05) is 24.6 Å². The maximum Gasteiger partial charge on any atom is 0.223 e. The van der Waals surface area contributed by atoms with E-state index in [-0.39, 0.29) is 17.9 Å². The molecule has 4 nitrogen and oxygen atoms in total. The van der Waals surface area contributed by atoms with Gasteiger partial charge in [0.1, 0.15) is 23.4 Å². The van der Waals surface area contributed by atoms with Crippen molar-refractivity contribution in [3.05, 3.63) is 54.1 Å². The second kappa shape index (κ2) is 6.56. The summed E-state index contributed by atoms with van der Waals surface area (Å²) in [5.41, 5.74) is 1.13. The highest BCUT2D eigenvalue weighted by Gasteiger charge is 2.28. The van der Waals surface area contributed by atoms with Crippen molar-refractivity contribution in [3.63, 3.8) is 0 Å². The fourth-order valence-electron chi connectivity index (χ4n) is 3.13. The standard InChI is InChI=1S/C20H21NO3/c22-20(14-5-4-6-14)21-13-18-12-15-11-17(9-10-19(15)24-18)23-16-7-2-1-3-8-16/h1-3,7-11,14,18H,4-6,12-13H2,(H,21,22). The minimum Gasteiger partial charge on any atom is -0.488 e. The smallest absolute Gasteiger partial charge is 0.223 e. The van der Waals surface area contributed by atoms with E-state index in [9.17, 15) is 4.79 Å². The monoisotopic (exact) mass is 323 g/mol. The Bertz CT molecular complexity index is 725. The molecule has 1 fully saturated rings. The lowest BCUT2D eigenvalue weighted by molar-refractivity contribution is -0.127. The van der Waals surface area contributed by atoms with Crippen molar-refractivity contribution in [1.82, 2.24) is 5.32 Å². The quantitative estimate of drug-likeness (QED) is 0.913. The van der Waals surface area contributed by atoms with E-state index in [1.165, 1.54) is 6.42 Å². The molecule has 124 valence electrons. The van der Waals surface area contributed by atoms with Gasteiger partial charge in [-0.2, -0.15) is 0 Å². The summed E-state index contributed by atoms with van der Waals surface area (Å²) in [6.45, 7) is 0.568. The van der Waals surface area contributed by atoms with Gasteiger partial charge in [0.15, 0.2) is 0 Å². The van der Waals surface area contributed by atoms with Gasteiger partial charge in [-0.05, 0) is 43.2 Å². The average molecular weight is 323 g/mol. The summed E-state index contributed by atoms with van der Waals surface area (Å²) in [6, 6.07) is 15.6. The van der Waals surface area contributed by atoms with Crippen LogP contribution in [0.1, 0.15) is 24.8 Å². The number of fused-ring (bicyclic) bond motifs is 1. The molecule has 1 atom stereocenters. The maximum absolute atomic E-state index is 11.9. The number of amides is 1. The largest absolute Gasteiger partial charge is 0.488 e. The predicted octanol–water partition coefficient (Wildman–Crippen LogP) is 3.70. The fraction of sp³-hybridized carbons (Fsp3) is 0.350. The Morgan fingerprint density at radius 1 is 1.12 bits per heavy atom. The number of rotatable bonds is 5. The normalized spacial score (nSPS) is 19.1. The first-order valence-corrected chi connectivity index (χ1v) is 8.58. The van der Waals surface area contributed by atoms with Gasteiger partial charge in [-0.3, -0.25) is 4.79 Å². The lowest BCUT2D eigenvalue weighted by Gasteiger charge is -2.24. The summed E-state index contributed by atoms with van der Waals surface area (Å²) in [6.07, 6.45) is 4.03. The SMILES string of the molecule is O=C(NCC1Cc2cc(Oc3ccccc3)ccc2O1)C1CCC1. The Labute approximate surface area is 141 Å². The third kappa shape index (κ3) is 3.23. The average Bonchev–Trinajstić information content (AvgIpc) is 2.94. The molecule has 0 saturated heterocycles. The van der Waals surface area contributed by atoms with Crippen LogP contribution in [0.4, 0.5) is 0 Å². The third-order valence-corrected chi connectivity index (χ3v) is 4.73. The lowest BCUT2D eigenvalue weighted by Crippen LogP contribution is -2.40. The number of hydrogen-bond acceptors (Lipinski definition) is 3. The molecule has 0 radical (unpaired) electrons. The minimum absolute atomic E-state index is 0.0102. The first-order chi connectivity index (χ1) is 11.8. The molecule has 1 aliphatic heterocycles. The van der Waals surface area contributed by atoms with Gasteiger partial charge in [0.05, 0.1) is 6.54 Å². The van der Waals surface area contributed by atoms with E-state index in [0.29, 0.717) is 6.54 Å². The van der Waals surface area contributed by atoms with Gasteiger partial charge in [0, 0.05) is 17.9 Å².